The predicted molar refractivity (Wildman–Crippen MR) is 56.9 cm³/mol. The number of hydrogen-bond donors (Lipinski definition) is 2. The van der Waals surface area contributed by atoms with Crippen molar-refractivity contribution in [2.24, 2.45) is 5.73 Å². The molecule has 78 valence electrons. The number of phenols is 1. The summed E-state index contributed by atoms with van der Waals surface area (Å²) in [6.45, 7) is 3.59. The van der Waals surface area contributed by atoms with Gasteiger partial charge >= 0.3 is 0 Å². The lowest BCUT2D eigenvalue weighted by Gasteiger charge is -2.21. The average molecular weight is 216 g/mol. The molecule has 0 saturated heterocycles. The fourth-order valence-corrected chi connectivity index (χ4v) is 1.46. The summed E-state index contributed by atoms with van der Waals surface area (Å²) in [5.41, 5.74) is 5.83. The number of halogens is 1. The van der Waals surface area contributed by atoms with E-state index in [1.54, 1.807) is 19.9 Å². The topological polar surface area (TPSA) is 55.5 Å². The van der Waals surface area contributed by atoms with Crippen molar-refractivity contribution in [3.63, 3.8) is 0 Å². The maximum atomic E-state index is 9.66. The molecule has 0 unspecified atom stereocenters. The highest BCUT2D eigenvalue weighted by Gasteiger charge is 2.20. The number of nitrogens with two attached hydrogens (primary N) is 1. The SMILES string of the molecule is COc1cc(O)c(C(C)(C)N)cc1Cl. The molecule has 0 aliphatic rings. The van der Waals surface area contributed by atoms with E-state index in [1.165, 1.54) is 13.2 Å². The zero-order valence-electron chi connectivity index (χ0n) is 8.47. The molecule has 0 saturated carbocycles. The van der Waals surface area contributed by atoms with Crippen LogP contribution in [0.4, 0.5) is 0 Å². The first-order valence-electron chi connectivity index (χ1n) is 4.22. The van der Waals surface area contributed by atoms with E-state index >= 15 is 0 Å². The van der Waals surface area contributed by atoms with Crippen LogP contribution in [0.3, 0.4) is 0 Å². The standard InChI is InChI=1S/C10H14ClNO2/c1-10(2,12)6-4-7(11)9(14-3)5-8(6)13/h4-5,13H,12H2,1-3H3. The molecule has 0 heterocycles. The summed E-state index contributed by atoms with van der Waals surface area (Å²) in [6, 6.07) is 3.09. The number of rotatable bonds is 2. The highest BCUT2D eigenvalue weighted by molar-refractivity contribution is 6.32. The molecule has 0 bridgehead atoms. The molecule has 1 aromatic carbocycles. The first-order valence-corrected chi connectivity index (χ1v) is 4.60. The van der Waals surface area contributed by atoms with Crippen molar-refractivity contribution in [2.45, 2.75) is 19.4 Å². The van der Waals surface area contributed by atoms with Crippen molar-refractivity contribution in [3.05, 3.63) is 22.7 Å². The zero-order valence-corrected chi connectivity index (χ0v) is 9.22. The Morgan fingerprint density at radius 2 is 2.00 bits per heavy atom. The molecule has 1 rings (SSSR count). The third-order valence-electron chi connectivity index (χ3n) is 1.96. The van der Waals surface area contributed by atoms with Gasteiger partial charge in [0.15, 0.2) is 0 Å². The van der Waals surface area contributed by atoms with Gasteiger partial charge in [-0.2, -0.15) is 0 Å². The zero-order chi connectivity index (χ0) is 10.9. The molecule has 3 nitrogen and oxygen atoms in total. The Labute approximate surface area is 88.4 Å². The molecule has 0 aromatic heterocycles. The Balaban J connectivity index is 3.29. The van der Waals surface area contributed by atoms with Gasteiger partial charge in [-0.25, -0.2) is 0 Å². The van der Waals surface area contributed by atoms with E-state index in [0.29, 0.717) is 16.3 Å². The maximum Gasteiger partial charge on any atom is 0.141 e. The second-order valence-corrected chi connectivity index (χ2v) is 4.13. The van der Waals surface area contributed by atoms with Crippen molar-refractivity contribution >= 4 is 11.6 Å². The Kier molecular flexibility index (Phi) is 2.92. The average Bonchev–Trinajstić information content (AvgIpc) is 2.06. The quantitative estimate of drug-likeness (QED) is 0.796. The molecule has 0 radical (unpaired) electrons. The molecule has 14 heavy (non-hydrogen) atoms. The maximum absolute atomic E-state index is 9.66. The van der Waals surface area contributed by atoms with Gasteiger partial charge in [-0.05, 0) is 19.9 Å². The van der Waals surface area contributed by atoms with Gasteiger partial charge in [-0.1, -0.05) is 11.6 Å². The van der Waals surface area contributed by atoms with Crippen LogP contribution in [0.15, 0.2) is 12.1 Å². The van der Waals surface area contributed by atoms with Gasteiger partial charge in [0.05, 0.1) is 12.1 Å². The Morgan fingerprint density at radius 1 is 1.43 bits per heavy atom. The largest absolute Gasteiger partial charge is 0.507 e. The number of phenolic OH excluding ortho intramolecular Hbond substituents is 1. The first-order chi connectivity index (χ1) is 6.36. The van der Waals surface area contributed by atoms with Crippen LogP contribution in [0.25, 0.3) is 0 Å². The molecular weight excluding hydrogens is 202 g/mol. The van der Waals surface area contributed by atoms with E-state index in [0.717, 1.165) is 0 Å². The Hall–Kier alpha value is -0.930. The van der Waals surface area contributed by atoms with Gasteiger partial charge in [-0.3, -0.25) is 0 Å². The summed E-state index contributed by atoms with van der Waals surface area (Å²) >= 11 is 5.92. The fourth-order valence-electron chi connectivity index (χ4n) is 1.22. The van der Waals surface area contributed by atoms with Gasteiger partial charge in [0, 0.05) is 17.2 Å². The molecule has 0 aliphatic heterocycles. The minimum Gasteiger partial charge on any atom is -0.507 e. The lowest BCUT2D eigenvalue weighted by Crippen LogP contribution is -2.28. The van der Waals surface area contributed by atoms with E-state index in [-0.39, 0.29) is 5.75 Å². The number of aromatic hydroxyl groups is 1. The molecule has 0 fully saturated rings. The van der Waals surface area contributed by atoms with Crippen LogP contribution >= 0.6 is 11.6 Å². The van der Waals surface area contributed by atoms with E-state index in [2.05, 4.69) is 0 Å². The van der Waals surface area contributed by atoms with Gasteiger partial charge in [-0.15, -0.1) is 0 Å². The Bertz CT molecular complexity index is 345. The molecule has 0 spiro atoms. The number of ether oxygens (including phenoxy) is 1. The van der Waals surface area contributed by atoms with Crippen molar-refractivity contribution in [1.82, 2.24) is 0 Å². The van der Waals surface area contributed by atoms with Crippen molar-refractivity contribution in [2.75, 3.05) is 7.11 Å². The molecular formula is C10H14ClNO2. The lowest BCUT2D eigenvalue weighted by atomic mass is 9.94. The smallest absolute Gasteiger partial charge is 0.141 e. The number of methoxy groups -OCH3 is 1. The summed E-state index contributed by atoms with van der Waals surface area (Å²) in [7, 11) is 1.49. The minimum absolute atomic E-state index is 0.0961. The molecule has 0 atom stereocenters. The van der Waals surface area contributed by atoms with Crippen molar-refractivity contribution in [1.29, 1.82) is 0 Å². The summed E-state index contributed by atoms with van der Waals surface area (Å²) in [4.78, 5) is 0. The summed E-state index contributed by atoms with van der Waals surface area (Å²) in [6.07, 6.45) is 0. The third-order valence-corrected chi connectivity index (χ3v) is 2.26. The van der Waals surface area contributed by atoms with Crippen LogP contribution in [-0.4, -0.2) is 12.2 Å². The fraction of sp³-hybridized carbons (Fsp3) is 0.400. The molecule has 1 aromatic rings. The highest BCUT2D eigenvalue weighted by Crippen LogP contribution is 2.35. The van der Waals surface area contributed by atoms with Gasteiger partial charge in [0.1, 0.15) is 11.5 Å². The van der Waals surface area contributed by atoms with E-state index in [9.17, 15) is 5.11 Å². The molecule has 3 N–H and O–H groups in total. The van der Waals surface area contributed by atoms with E-state index < -0.39 is 5.54 Å². The van der Waals surface area contributed by atoms with E-state index in [1.807, 2.05) is 0 Å². The summed E-state index contributed by atoms with van der Waals surface area (Å²) in [5, 5.41) is 10.1. The Morgan fingerprint density at radius 3 is 2.43 bits per heavy atom. The first kappa shape index (κ1) is 11.1. The van der Waals surface area contributed by atoms with Crippen LogP contribution < -0.4 is 10.5 Å². The minimum atomic E-state index is -0.625. The number of hydrogen-bond acceptors (Lipinski definition) is 3. The molecule has 4 heteroatoms. The monoisotopic (exact) mass is 215 g/mol. The highest BCUT2D eigenvalue weighted by atomic mass is 35.5. The van der Waals surface area contributed by atoms with Crippen LogP contribution in [0.1, 0.15) is 19.4 Å². The third kappa shape index (κ3) is 2.11. The predicted octanol–water partition coefficient (Wildman–Crippen LogP) is 2.25. The van der Waals surface area contributed by atoms with Crippen LogP contribution in [0.5, 0.6) is 11.5 Å². The summed E-state index contributed by atoms with van der Waals surface area (Å²) < 4.78 is 4.96. The lowest BCUT2D eigenvalue weighted by molar-refractivity contribution is 0.401. The second kappa shape index (κ2) is 3.67. The molecule has 0 aliphatic carbocycles. The summed E-state index contributed by atoms with van der Waals surface area (Å²) in [5.74, 6) is 0.538. The van der Waals surface area contributed by atoms with Crippen molar-refractivity contribution < 1.29 is 9.84 Å². The van der Waals surface area contributed by atoms with Gasteiger partial charge < -0.3 is 15.6 Å². The van der Waals surface area contributed by atoms with Crippen LogP contribution in [0.2, 0.25) is 5.02 Å². The molecule has 0 amide bonds. The van der Waals surface area contributed by atoms with E-state index in [4.69, 9.17) is 22.1 Å². The van der Waals surface area contributed by atoms with Crippen molar-refractivity contribution in [3.8, 4) is 11.5 Å². The van der Waals surface area contributed by atoms with Gasteiger partial charge in [0.25, 0.3) is 0 Å². The normalized spacial score (nSPS) is 11.5. The van der Waals surface area contributed by atoms with Crippen LogP contribution in [-0.2, 0) is 5.54 Å². The van der Waals surface area contributed by atoms with Crippen LogP contribution in [0, 0.1) is 0 Å². The second-order valence-electron chi connectivity index (χ2n) is 3.73. The van der Waals surface area contributed by atoms with Gasteiger partial charge in [0.2, 0.25) is 0 Å². The number of benzene rings is 1.